The fourth-order valence-corrected chi connectivity index (χ4v) is 5.42. The molecule has 3 fully saturated rings. The fraction of sp³-hybridized carbons (Fsp3) is 0.667. The molecule has 7 nitrogen and oxygen atoms in total. The van der Waals surface area contributed by atoms with Crippen molar-refractivity contribution in [3.63, 3.8) is 0 Å². The third-order valence-electron chi connectivity index (χ3n) is 7.81. The highest BCUT2D eigenvalue weighted by molar-refractivity contribution is 5.91. The molecule has 2 saturated carbocycles. The van der Waals surface area contributed by atoms with Crippen molar-refractivity contribution in [1.82, 2.24) is 20.9 Å². The van der Waals surface area contributed by atoms with E-state index in [-0.39, 0.29) is 35.2 Å². The Labute approximate surface area is 203 Å². The molecule has 0 bridgehead atoms. The number of hydrogen-bond acceptors (Lipinski definition) is 3. The zero-order valence-corrected chi connectivity index (χ0v) is 20.3. The number of hydrogen-bond donors (Lipinski definition) is 3. The van der Waals surface area contributed by atoms with Crippen LogP contribution in [-0.2, 0) is 15.0 Å². The third kappa shape index (κ3) is 6.51. The molecule has 1 heterocycles. The van der Waals surface area contributed by atoms with Crippen LogP contribution in [0.1, 0.15) is 76.2 Å². The number of benzene rings is 1. The number of rotatable bonds is 5. The first-order valence-corrected chi connectivity index (χ1v) is 13.2. The van der Waals surface area contributed by atoms with Gasteiger partial charge in [-0.1, -0.05) is 49.6 Å². The quantitative estimate of drug-likeness (QED) is 0.618. The highest BCUT2D eigenvalue weighted by Gasteiger charge is 2.51. The topological polar surface area (TPSA) is 90.5 Å². The Kier molecular flexibility index (Phi) is 8.46. The summed E-state index contributed by atoms with van der Waals surface area (Å²) >= 11 is 0. The molecule has 1 atom stereocenters. The molecule has 0 spiro atoms. The molecule has 1 aromatic rings. The van der Waals surface area contributed by atoms with E-state index < -0.39 is 0 Å². The fourth-order valence-electron chi connectivity index (χ4n) is 5.42. The van der Waals surface area contributed by atoms with Crippen LogP contribution in [0, 0.1) is 5.92 Å². The molecule has 34 heavy (non-hydrogen) atoms. The van der Waals surface area contributed by atoms with E-state index in [0.29, 0.717) is 32.6 Å². The van der Waals surface area contributed by atoms with Crippen LogP contribution in [0.4, 0.5) is 4.79 Å². The first kappa shape index (κ1) is 24.6. The monoisotopic (exact) mass is 468 g/mol. The molecule has 3 N–H and O–H groups in total. The van der Waals surface area contributed by atoms with Crippen molar-refractivity contribution in [2.75, 3.05) is 26.2 Å². The predicted molar refractivity (Wildman–Crippen MR) is 132 cm³/mol. The summed E-state index contributed by atoms with van der Waals surface area (Å²) in [6.45, 7) is 2.31. The van der Waals surface area contributed by atoms with Gasteiger partial charge in [-0.2, -0.15) is 0 Å². The summed E-state index contributed by atoms with van der Waals surface area (Å²) < 4.78 is 0. The Morgan fingerprint density at radius 1 is 0.971 bits per heavy atom. The molecule has 4 rings (SSSR count). The predicted octanol–water partition coefficient (Wildman–Crippen LogP) is 3.49. The molecule has 1 unspecified atom stereocenters. The van der Waals surface area contributed by atoms with Gasteiger partial charge in [0.1, 0.15) is 0 Å². The van der Waals surface area contributed by atoms with E-state index in [1.165, 1.54) is 19.3 Å². The van der Waals surface area contributed by atoms with Crippen molar-refractivity contribution in [2.24, 2.45) is 5.92 Å². The second-order valence-electron chi connectivity index (χ2n) is 10.3. The minimum absolute atomic E-state index is 0.0128. The summed E-state index contributed by atoms with van der Waals surface area (Å²) in [7, 11) is 0. The van der Waals surface area contributed by atoms with Gasteiger partial charge in [-0.3, -0.25) is 9.59 Å². The largest absolute Gasteiger partial charge is 0.356 e. The van der Waals surface area contributed by atoms with Gasteiger partial charge in [0, 0.05) is 38.6 Å². The van der Waals surface area contributed by atoms with Crippen molar-refractivity contribution in [1.29, 1.82) is 0 Å². The third-order valence-corrected chi connectivity index (χ3v) is 7.81. The average molecular weight is 469 g/mol. The number of nitrogens with zero attached hydrogens (tertiary/aromatic N) is 1. The first-order chi connectivity index (χ1) is 16.6. The van der Waals surface area contributed by atoms with Gasteiger partial charge in [0.05, 0.1) is 5.41 Å². The molecule has 1 saturated heterocycles. The van der Waals surface area contributed by atoms with Gasteiger partial charge < -0.3 is 20.9 Å². The van der Waals surface area contributed by atoms with Crippen LogP contribution in [0.5, 0.6) is 0 Å². The van der Waals surface area contributed by atoms with E-state index in [1.807, 2.05) is 35.2 Å². The summed E-state index contributed by atoms with van der Waals surface area (Å²) in [5.74, 6) is 0.379. The van der Waals surface area contributed by atoms with Gasteiger partial charge in [-0.15, -0.1) is 0 Å². The second-order valence-corrected chi connectivity index (χ2v) is 10.3. The van der Waals surface area contributed by atoms with Crippen LogP contribution < -0.4 is 16.0 Å². The molecule has 4 amide bonds. The van der Waals surface area contributed by atoms with Gasteiger partial charge in [0.2, 0.25) is 11.8 Å². The van der Waals surface area contributed by atoms with Crippen molar-refractivity contribution in [3.05, 3.63) is 35.9 Å². The molecular weight excluding hydrogens is 428 g/mol. The van der Waals surface area contributed by atoms with Gasteiger partial charge in [0.15, 0.2) is 0 Å². The zero-order valence-electron chi connectivity index (χ0n) is 20.3. The number of urea groups is 1. The van der Waals surface area contributed by atoms with E-state index in [1.54, 1.807) is 0 Å². The average Bonchev–Trinajstić information content (AvgIpc) is 3.67. The Morgan fingerprint density at radius 2 is 1.74 bits per heavy atom. The van der Waals surface area contributed by atoms with E-state index in [2.05, 4.69) is 16.0 Å². The highest BCUT2D eigenvalue weighted by Crippen LogP contribution is 2.48. The summed E-state index contributed by atoms with van der Waals surface area (Å²) in [6, 6.07) is 10.3. The molecule has 3 aliphatic rings. The number of nitrogens with one attached hydrogen (secondary N) is 3. The smallest absolute Gasteiger partial charge is 0.317 e. The lowest BCUT2D eigenvalue weighted by Gasteiger charge is -2.28. The first-order valence-electron chi connectivity index (χ1n) is 13.2. The van der Waals surface area contributed by atoms with E-state index in [4.69, 9.17) is 0 Å². The summed E-state index contributed by atoms with van der Waals surface area (Å²) in [5.41, 5.74) is 0.735. The lowest BCUT2D eigenvalue weighted by Crippen LogP contribution is -2.46. The van der Waals surface area contributed by atoms with Crippen molar-refractivity contribution in [3.8, 4) is 0 Å². The maximum Gasteiger partial charge on any atom is 0.317 e. The van der Waals surface area contributed by atoms with Gasteiger partial charge in [-0.05, 0) is 56.4 Å². The van der Waals surface area contributed by atoms with Crippen molar-refractivity contribution < 1.29 is 14.4 Å². The molecule has 1 aliphatic heterocycles. The Balaban J connectivity index is 1.29. The highest BCUT2D eigenvalue weighted by atomic mass is 16.2. The summed E-state index contributed by atoms with van der Waals surface area (Å²) in [6.07, 6.45) is 10.4. The molecule has 0 radical (unpaired) electrons. The summed E-state index contributed by atoms with van der Waals surface area (Å²) in [5, 5.41) is 9.40. The van der Waals surface area contributed by atoms with E-state index >= 15 is 0 Å². The maximum atomic E-state index is 13.0. The minimum Gasteiger partial charge on any atom is -0.356 e. The number of amides is 4. The van der Waals surface area contributed by atoms with Crippen LogP contribution in [0.25, 0.3) is 0 Å². The number of carbonyl (C=O) groups excluding carboxylic acids is 3. The Hall–Kier alpha value is -2.57. The van der Waals surface area contributed by atoms with Crippen LogP contribution in [0.3, 0.4) is 0 Å². The Bertz CT molecular complexity index is 834. The van der Waals surface area contributed by atoms with Crippen LogP contribution in [0.2, 0.25) is 0 Å². The van der Waals surface area contributed by atoms with Gasteiger partial charge in [-0.25, -0.2) is 4.79 Å². The minimum atomic E-state index is -0.364. The SMILES string of the molecule is O=C1CCN(C(=O)NC2CCCCC2)CCCC(CNC(=O)C2(c3ccccc3)CC2)CCN1. The molecular formula is C27H40N4O3. The maximum absolute atomic E-state index is 13.0. The van der Waals surface area contributed by atoms with Crippen LogP contribution >= 0.6 is 0 Å². The van der Waals surface area contributed by atoms with Gasteiger partial charge in [0.25, 0.3) is 0 Å². The number of carbonyl (C=O) groups is 3. The van der Waals surface area contributed by atoms with E-state index in [9.17, 15) is 14.4 Å². The molecule has 186 valence electrons. The van der Waals surface area contributed by atoms with Crippen molar-refractivity contribution in [2.45, 2.75) is 82.1 Å². The summed E-state index contributed by atoms with van der Waals surface area (Å²) in [4.78, 5) is 40.1. The second kappa shape index (κ2) is 11.7. The zero-order chi connectivity index (χ0) is 23.8. The molecule has 7 heteroatoms. The molecule has 0 aromatic heterocycles. The van der Waals surface area contributed by atoms with Crippen LogP contribution in [0.15, 0.2) is 30.3 Å². The van der Waals surface area contributed by atoms with Crippen LogP contribution in [-0.4, -0.2) is 55.0 Å². The molecule has 1 aromatic carbocycles. The molecule has 2 aliphatic carbocycles. The van der Waals surface area contributed by atoms with Crippen molar-refractivity contribution >= 4 is 17.8 Å². The normalized spacial score (nSPS) is 23.8. The van der Waals surface area contributed by atoms with E-state index in [0.717, 1.165) is 50.5 Å². The van der Waals surface area contributed by atoms with Gasteiger partial charge >= 0.3 is 6.03 Å². The Morgan fingerprint density at radius 3 is 2.47 bits per heavy atom. The lowest BCUT2D eigenvalue weighted by molar-refractivity contribution is -0.124. The lowest BCUT2D eigenvalue weighted by atomic mass is 9.94. The standard InChI is InChI=1S/C27H40N4O3/c32-24-14-19-31(26(34)30-23-11-5-2-6-12-23)18-7-8-21(13-17-28-24)20-29-25(33)27(15-16-27)22-9-3-1-4-10-22/h1,3-4,9-10,21,23H,2,5-8,11-20H2,(H,28,32)(H,29,33)(H,30,34).